The summed E-state index contributed by atoms with van der Waals surface area (Å²) in [6.07, 6.45) is 0.916. The summed E-state index contributed by atoms with van der Waals surface area (Å²) in [7, 11) is 0. The molecule has 0 saturated heterocycles. The molecular formula is C25H29F2N3O2S. The highest BCUT2D eigenvalue weighted by Crippen LogP contribution is 2.32. The van der Waals surface area contributed by atoms with E-state index in [1.54, 1.807) is 18.7 Å². The monoisotopic (exact) mass is 473 g/mol. The Morgan fingerprint density at radius 2 is 1.70 bits per heavy atom. The number of carbonyl (C=O) groups is 2. The highest BCUT2D eigenvalue weighted by molar-refractivity contribution is 8.14. The fourth-order valence-electron chi connectivity index (χ4n) is 3.66. The maximum absolute atomic E-state index is 14.2. The molecule has 0 fully saturated rings. The third-order valence-electron chi connectivity index (χ3n) is 5.40. The van der Waals surface area contributed by atoms with E-state index in [9.17, 15) is 18.4 Å². The van der Waals surface area contributed by atoms with E-state index in [4.69, 9.17) is 0 Å². The number of para-hydroxylation sites is 1. The molecule has 2 aromatic rings. The number of hydrogen-bond acceptors (Lipinski definition) is 4. The van der Waals surface area contributed by atoms with Crippen LogP contribution in [0.15, 0.2) is 47.5 Å². The van der Waals surface area contributed by atoms with E-state index in [2.05, 4.69) is 10.3 Å². The minimum absolute atomic E-state index is 0.144. The van der Waals surface area contributed by atoms with Crippen LogP contribution >= 0.6 is 11.8 Å². The lowest BCUT2D eigenvalue weighted by Crippen LogP contribution is -2.53. The minimum atomic E-state index is -1.01. The predicted octanol–water partition coefficient (Wildman–Crippen LogP) is 5.37. The topological polar surface area (TPSA) is 61.8 Å². The van der Waals surface area contributed by atoms with Crippen molar-refractivity contribution in [3.63, 3.8) is 0 Å². The van der Waals surface area contributed by atoms with Crippen molar-refractivity contribution in [3.8, 4) is 0 Å². The highest BCUT2D eigenvalue weighted by Gasteiger charge is 2.35. The molecule has 0 spiro atoms. The Bertz CT molecular complexity index is 1040. The van der Waals surface area contributed by atoms with Crippen molar-refractivity contribution in [2.24, 2.45) is 10.9 Å². The predicted molar refractivity (Wildman–Crippen MR) is 130 cm³/mol. The summed E-state index contributed by atoms with van der Waals surface area (Å²) in [5.74, 6) is -2.67. The van der Waals surface area contributed by atoms with Crippen molar-refractivity contribution in [2.45, 2.75) is 46.1 Å². The molecule has 0 aliphatic carbocycles. The smallest absolute Gasteiger partial charge is 0.257 e. The number of amides is 2. The Kier molecular flexibility index (Phi) is 8.24. The summed E-state index contributed by atoms with van der Waals surface area (Å²) in [6, 6.07) is 9.81. The molecule has 8 heteroatoms. The molecule has 1 unspecified atom stereocenters. The van der Waals surface area contributed by atoms with Crippen LogP contribution in [-0.4, -0.2) is 35.3 Å². The first-order valence-corrected chi connectivity index (χ1v) is 12.1. The van der Waals surface area contributed by atoms with Gasteiger partial charge < -0.3 is 5.32 Å². The van der Waals surface area contributed by atoms with E-state index in [1.165, 1.54) is 17.8 Å². The molecule has 1 atom stereocenters. The molecule has 33 heavy (non-hydrogen) atoms. The molecule has 0 aromatic heterocycles. The third kappa shape index (κ3) is 5.61. The van der Waals surface area contributed by atoms with Crippen LogP contribution in [0, 0.1) is 17.6 Å². The first-order valence-electron chi connectivity index (χ1n) is 11.1. The number of halogens is 2. The Morgan fingerprint density at radius 3 is 2.27 bits per heavy atom. The molecule has 1 heterocycles. The third-order valence-corrected chi connectivity index (χ3v) is 6.46. The first-order chi connectivity index (χ1) is 15.7. The molecule has 0 bridgehead atoms. The van der Waals surface area contributed by atoms with Crippen molar-refractivity contribution < 1.29 is 18.4 Å². The van der Waals surface area contributed by atoms with E-state index in [1.807, 2.05) is 38.1 Å². The van der Waals surface area contributed by atoms with Crippen LogP contribution < -0.4 is 10.2 Å². The number of thioether (sulfide) groups is 1. The van der Waals surface area contributed by atoms with Crippen LogP contribution in [0.5, 0.6) is 0 Å². The van der Waals surface area contributed by atoms with Gasteiger partial charge in [0.15, 0.2) is 5.17 Å². The van der Waals surface area contributed by atoms with Crippen LogP contribution in [0.25, 0.3) is 0 Å². The van der Waals surface area contributed by atoms with Crippen molar-refractivity contribution in [1.29, 1.82) is 0 Å². The maximum atomic E-state index is 14.2. The van der Waals surface area contributed by atoms with Gasteiger partial charge in [-0.05, 0) is 42.0 Å². The van der Waals surface area contributed by atoms with Gasteiger partial charge in [0.25, 0.3) is 11.8 Å². The number of hydrogen-bond donors (Lipinski definition) is 1. The molecule has 5 nitrogen and oxygen atoms in total. The van der Waals surface area contributed by atoms with Gasteiger partial charge >= 0.3 is 0 Å². The summed E-state index contributed by atoms with van der Waals surface area (Å²) >= 11 is 1.49. The standard InChI is InChI=1S/C25H29F2N3O2S/c1-15(2)17-9-5-6-12-20(17)30(25-28-13-8-14-33-25)24(32)22(16(3)4)29-23(31)21-18(26)10-7-11-19(21)27/h5-7,9-12,15-16,22H,8,13-14H2,1-4H3,(H,29,31). The number of anilines is 1. The average molecular weight is 474 g/mol. The zero-order chi connectivity index (χ0) is 24.1. The van der Waals surface area contributed by atoms with Gasteiger partial charge in [-0.2, -0.15) is 0 Å². The summed E-state index contributed by atoms with van der Waals surface area (Å²) in [5.41, 5.74) is 0.964. The molecule has 176 valence electrons. The van der Waals surface area contributed by atoms with Crippen LogP contribution in [0.2, 0.25) is 0 Å². The van der Waals surface area contributed by atoms with E-state index in [0.717, 1.165) is 29.9 Å². The number of amidine groups is 1. The Balaban J connectivity index is 2.03. The lowest BCUT2D eigenvalue weighted by Gasteiger charge is -2.33. The fourth-order valence-corrected chi connectivity index (χ4v) is 4.62. The Labute approximate surface area is 197 Å². The SMILES string of the molecule is CC(C)c1ccccc1N(C(=O)C(NC(=O)c1c(F)cccc1F)C(C)C)C1=NCCCS1. The molecular weight excluding hydrogens is 444 g/mol. The van der Waals surface area contributed by atoms with Crippen molar-refractivity contribution >= 4 is 34.4 Å². The van der Waals surface area contributed by atoms with Crippen molar-refractivity contribution in [3.05, 3.63) is 65.2 Å². The quantitative estimate of drug-likeness (QED) is 0.614. The fraction of sp³-hybridized carbons (Fsp3) is 0.400. The largest absolute Gasteiger partial charge is 0.340 e. The van der Waals surface area contributed by atoms with Gasteiger partial charge in [-0.25, -0.2) is 8.78 Å². The van der Waals surface area contributed by atoms with E-state index in [-0.39, 0.29) is 11.8 Å². The molecule has 1 aliphatic heterocycles. The van der Waals surface area contributed by atoms with Gasteiger partial charge in [-0.1, -0.05) is 63.7 Å². The first kappa shape index (κ1) is 24.9. The van der Waals surface area contributed by atoms with Crippen molar-refractivity contribution in [1.82, 2.24) is 5.32 Å². The summed E-state index contributed by atoms with van der Waals surface area (Å²) < 4.78 is 28.4. The summed E-state index contributed by atoms with van der Waals surface area (Å²) in [6.45, 7) is 8.25. The van der Waals surface area contributed by atoms with Gasteiger partial charge in [-0.15, -0.1) is 0 Å². The van der Waals surface area contributed by atoms with Crippen LogP contribution in [0.1, 0.15) is 56.0 Å². The summed E-state index contributed by atoms with van der Waals surface area (Å²) in [5, 5.41) is 3.14. The second-order valence-corrected chi connectivity index (χ2v) is 9.61. The Morgan fingerprint density at radius 1 is 1.03 bits per heavy atom. The highest BCUT2D eigenvalue weighted by atomic mass is 32.2. The molecule has 1 N–H and O–H groups in total. The van der Waals surface area contributed by atoms with Gasteiger partial charge in [0.1, 0.15) is 23.2 Å². The van der Waals surface area contributed by atoms with Crippen LogP contribution in [0.3, 0.4) is 0 Å². The maximum Gasteiger partial charge on any atom is 0.257 e. The molecule has 0 radical (unpaired) electrons. The Hall–Kier alpha value is -2.74. The second kappa shape index (κ2) is 10.9. The van der Waals surface area contributed by atoms with Gasteiger partial charge in [0.05, 0.1) is 5.69 Å². The molecule has 2 amide bonds. The van der Waals surface area contributed by atoms with E-state index in [0.29, 0.717) is 17.4 Å². The average Bonchev–Trinajstić information content (AvgIpc) is 2.78. The lowest BCUT2D eigenvalue weighted by molar-refractivity contribution is -0.120. The second-order valence-electron chi connectivity index (χ2n) is 8.55. The number of rotatable bonds is 6. The van der Waals surface area contributed by atoms with Gasteiger partial charge in [-0.3, -0.25) is 19.5 Å². The van der Waals surface area contributed by atoms with Gasteiger partial charge in [0.2, 0.25) is 0 Å². The zero-order valence-corrected chi connectivity index (χ0v) is 20.1. The van der Waals surface area contributed by atoms with Gasteiger partial charge in [0, 0.05) is 12.3 Å². The van der Waals surface area contributed by atoms with E-state index < -0.39 is 35.1 Å². The molecule has 3 rings (SSSR count). The number of benzene rings is 2. The number of carbonyl (C=O) groups excluding carboxylic acids is 2. The van der Waals surface area contributed by atoms with Crippen LogP contribution in [0.4, 0.5) is 14.5 Å². The van der Waals surface area contributed by atoms with Crippen LogP contribution in [-0.2, 0) is 4.79 Å². The minimum Gasteiger partial charge on any atom is -0.340 e. The number of nitrogens with zero attached hydrogens (tertiary/aromatic N) is 2. The van der Waals surface area contributed by atoms with Crippen molar-refractivity contribution in [2.75, 3.05) is 17.2 Å². The molecule has 0 saturated carbocycles. The molecule has 1 aliphatic rings. The lowest BCUT2D eigenvalue weighted by atomic mass is 9.98. The number of nitrogens with one attached hydrogen (secondary N) is 1. The normalized spacial score (nSPS) is 14.7. The molecule has 2 aromatic carbocycles. The number of aliphatic imine (C=N–C) groups is 1. The zero-order valence-electron chi connectivity index (χ0n) is 19.3. The van der Waals surface area contributed by atoms with E-state index >= 15 is 0 Å². The summed E-state index contributed by atoms with van der Waals surface area (Å²) in [4.78, 5) is 32.9.